The quantitative estimate of drug-likeness (QED) is 0.896. The van der Waals surface area contributed by atoms with Gasteiger partial charge in [-0.1, -0.05) is 29.3 Å². The van der Waals surface area contributed by atoms with E-state index < -0.39 is 5.54 Å². The van der Waals surface area contributed by atoms with Gasteiger partial charge in [0, 0.05) is 16.6 Å². The lowest BCUT2D eigenvalue weighted by molar-refractivity contribution is 0.490. The molecule has 1 aromatic carbocycles. The molecule has 0 aromatic heterocycles. The van der Waals surface area contributed by atoms with Crippen LogP contribution in [0, 0.1) is 11.3 Å². The SMILES string of the molecule is CC(C)(C#N)NCCc1ccc(Cl)cc1Cl. The summed E-state index contributed by atoms with van der Waals surface area (Å²) in [5.74, 6) is 0. The first-order chi connectivity index (χ1) is 7.44. The molecule has 0 heterocycles. The second-order valence-corrected chi connectivity index (χ2v) is 4.99. The highest BCUT2D eigenvalue weighted by molar-refractivity contribution is 6.35. The highest BCUT2D eigenvalue weighted by Crippen LogP contribution is 2.21. The van der Waals surface area contributed by atoms with Crippen molar-refractivity contribution in [2.75, 3.05) is 6.54 Å². The van der Waals surface area contributed by atoms with E-state index in [0.29, 0.717) is 16.6 Å². The number of halogens is 2. The molecule has 0 atom stereocenters. The normalized spacial score (nSPS) is 11.2. The molecule has 0 radical (unpaired) electrons. The third-order valence-corrected chi connectivity index (χ3v) is 2.84. The minimum atomic E-state index is -0.501. The Labute approximate surface area is 106 Å². The maximum Gasteiger partial charge on any atom is 0.101 e. The van der Waals surface area contributed by atoms with Crippen LogP contribution in [-0.4, -0.2) is 12.1 Å². The smallest absolute Gasteiger partial charge is 0.101 e. The molecule has 0 bridgehead atoms. The molecule has 0 unspecified atom stereocenters. The predicted molar refractivity (Wildman–Crippen MR) is 67.9 cm³/mol. The minimum Gasteiger partial charge on any atom is -0.300 e. The van der Waals surface area contributed by atoms with E-state index in [-0.39, 0.29) is 0 Å². The predicted octanol–water partition coefficient (Wildman–Crippen LogP) is 3.43. The molecule has 1 aromatic rings. The van der Waals surface area contributed by atoms with Gasteiger partial charge in [-0.15, -0.1) is 0 Å². The van der Waals surface area contributed by atoms with E-state index in [2.05, 4.69) is 11.4 Å². The first-order valence-corrected chi connectivity index (χ1v) is 5.80. The molecule has 16 heavy (non-hydrogen) atoms. The number of hydrogen-bond donors (Lipinski definition) is 1. The molecular formula is C12H14Cl2N2. The van der Waals surface area contributed by atoms with Crippen molar-refractivity contribution in [2.24, 2.45) is 0 Å². The zero-order valence-electron chi connectivity index (χ0n) is 9.35. The zero-order valence-corrected chi connectivity index (χ0v) is 10.9. The molecule has 1 N–H and O–H groups in total. The van der Waals surface area contributed by atoms with E-state index in [1.54, 1.807) is 6.07 Å². The van der Waals surface area contributed by atoms with Crippen LogP contribution in [0.3, 0.4) is 0 Å². The fourth-order valence-corrected chi connectivity index (χ4v) is 1.78. The maximum absolute atomic E-state index is 8.83. The molecule has 0 saturated heterocycles. The molecule has 0 spiro atoms. The molecular weight excluding hydrogens is 243 g/mol. The first-order valence-electron chi connectivity index (χ1n) is 5.05. The van der Waals surface area contributed by atoms with Crippen molar-refractivity contribution >= 4 is 23.2 Å². The summed E-state index contributed by atoms with van der Waals surface area (Å²) >= 11 is 11.8. The standard InChI is InChI=1S/C12H14Cl2N2/c1-12(2,8-15)16-6-5-9-3-4-10(13)7-11(9)14/h3-4,7,16H,5-6H2,1-2H3. The molecule has 0 aliphatic rings. The van der Waals surface area contributed by atoms with Crippen LogP contribution in [0.1, 0.15) is 19.4 Å². The van der Waals surface area contributed by atoms with Crippen molar-refractivity contribution in [3.05, 3.63) is 33.8 Å². The van der Waals surface area contributed by atoms with Crippen LogP contribution in [-0.2, 0) is 6.42 Å². The molecule has 0 saturated carbocycles. The Morgan fingerprint density at radius 2 is 2.06 bits per heavy atom. The second kappa shape index (κ2) is 5.54. The van der Waals surface area contributed by atoms with Crippen molar-refractivity contribution in [1.29, 1.82) is 5.26 Å². The van der Waals surface area contributed by atoms with E-state index >= 15 is 0 Å². The fraction of sp³-hybridized carbons (Fsp3) is 0.417. The van der Waals surface area contributed by atoms with Gasteiger partial charge >= 0.3 is 0 Å². The van der Waals surface area contributed by atoms with E-state index in [9.17, 15) is 0 Å². The summed E-state index contributed by atoms with van der Waals surface area (Å²) in [5, 5.41) is 13.3. The number of nitrogens with one attached hydrogen (secondary N) is 1. The zero-order chi connectivity index (χ0) is 12.2. The monoisotopic (exact) mass is 256 g/mol. The van der Waals surface area contributed by atoms with Crippen LogP contribution >= 0.6 is 23.2 Å². The highest BCUT2D eigenvalue weighted by Gasteiger charge is 2.14. The number of nitriles is 1. The van der Waals surface area contributed by atoms with Gasteiger partial charge in [-0.25, -0.2) is 0 Å². The Balaban J connectivity index is 2.53. The van der Waals surface area contributed by atoms with Gasteiger partial charge in [-0.3, -0.25) is 5.32 Å². The van der Waals surface area contributed by atoms with Gasteiger partial charge in [0.05, 0.1) is 6.07 Å². The largest absolute Gasteiger partial charge is 0.300 e. The van der Waals surface area contributed by atoms with Crippen molar-refractivity contribution in [3.63, 3.8) is 0 Å². The summed E-state index contributed by atoms with van der Waals surface area (Å²) in [5.41, 5.74) is 0.533. The number of rotatable bonds is 4. The van der Waals surface area contributed by atoms with Gasteiger partial charge in [0.1, 0.15) is 5.54 Å². The van der Waals surface area contributed by atoms with Gasteiger partial charge in [0.2, 0.25) is 0 Å². The average molecular weight is 257 g/mol. The summed E-state index contributed by atoms with van der Waals surface area (Å²) in [4.78, 5) is 0. The van der Waals surface area contributed by atoms with Crippen LogP contribution in [0.4, 0.5) is 0 Å². The van der Waals surface area contributed by atoms with Crippen LogP contribution < -0.4 is 5.32 Å². The third-order valence-electron chi connectivity index (χ3n) is 2.26. The lowest BCUT2D eigenvalue weighted by Gasteiger charge is -2.17. The van der Waals surface area contributed by atoms with Crippen LogP contribution in [0.15, 0.2) is 18.2 Å². The lowest BCUT2D eigenvalue weighted by Crippen LogP contribution is -2.38. The van der Waals surface area contributed by atoms with Crippen molar-refractivity contribution in [3.8, 4) is 6.07 Å². The van der Waals surface area contributed by atoms with Crippen molar-refractivity contribution in [2.45, 2.75) is 25.8 Å². The van der Waals surface area contributed by atoms with Crippen LogP contribution in [0.25, 0.3) is 0 Å². The Bertz CT molecular complexity index is 408. The van der Waals surface area contributed by atoms with Gasteiger partial charge in [0.15, 0.2) is 0 Å². The van der Waals surface area contributed by atoms with Crippen LogP contribution in [0.2, 0.25) is 10.0 Å². The molecule has 0 amide bonds. The van der Waals surface area contributed by atoms with Gasteiger partial charge in [-0.2, -0.15) is 5.26 Å². The molecule has 0 aliphatic carbocycles. The summed E-state index contributed by atoms with van der Waals surface area (Å²) in [6.07, 6.45) is 0.779. The first kappa shape index (κ1) is 13.3. The molecule has 86 valence electrons. The van der Waals surface area contributed by atoms with E-state index in [4.69, 9.17) is 28.5 Å². The molecule has 4 heteroatoms. The Morgan fingerprint density at radius 1 is 1.38 bits per heavy atom. The lowest BCUT2D eigenvalue weighted by atomic mass is 10.1. The summed E-state index contributed by atoms with van der Waals surface area (Å²) < 4.78 is 0. The number of hydrogen-bond acceptors (Lipinski definition) is 2. The van der Waals surface area contributed by atoms with Crippen molar-refractivity contribution in [1.82, 2.24) is 5.32 Å². The van der Waals surface area contributed by atoms with Crippen molar-refractivity contribution < 1.29 is 0 Å². The molecule has 0 aliphatic heterocycles. The Hall–Kier alpha value is -0.750. The highest BCUT2D eigenvalue weighted by atomic mass is 35.5. The maximum atomic E-state index is 8.83. The minimum absolute atomic E-state index is 0.501. The third kappa shape index (κ3) is 4.02. The Morgan fingerprint density at radius 3 is 2.62 bits per heavy atom. The fourth-order valence-electron chi connectivity index (χ4n) is 1.27. The van der Waals surface area contributed by atoms with E-state index in [0.717, 1.165) is 12.0 Å². The van der Waals surface area contributed by atoms with E-state index in [1.807, 2.05) is 26.0 Å². The number of benzene rings is 1. The van der Waals surface area contributed by atoms with E-state index in [1.165, 1.54) is 0 Å². The molecule has 1 rings (SSSR count). The van der Waals surface area contributed by atoms with Gasteiger partial charge in [-0.05, 0) is 38.0 Å². The molecule has 2 nitrogen and oxygen atoms in total. The summed E-state index contributed by atoms with van der Waals surface area (Å²) in [6, 6.07) is 7.64. The van der Waals surface area contributed by atoms with Crippen LogP contribution in [0.5, 0.6) is 0 Å². The summed E-state index contributed by atoms with van der Waals surface area (Å²) in [6.45, 7) is 4.40. The molecule has 0 fully saturated rings. The van der Waals surface area contributed by atoms with Gasteiger partial charge < -0.3 is 0 Å². The average Bonchev–Trinajstić information content (AvgIpc) is 2.21. The van der Waals surface area contributed by atoms with Gasteiger partial charge in [0.25, 0.3) is 0 Å². The topological polar surface area (TPSA) is 35.8 Å². The second-order valence-electron chi connectivity index (χ2n) is 4.15. The summed E-state index contributed by atoms with van der Waals surface area (Å²) in [7, 11) is 0. The Kier molecular flexibility index (Phi) is 4.61. The number of nitrogens with zero attached hydrogens (tertiary/aromatic N) is 1.